The molecule has 1 unspecified atom stereocenters. The summed E-state index contributed by atoms with van der Waals surface area (Å²) in [6.07, 6.45) is 3.68. The smallest absolute Gasteiger partial charge is 0.258 e. The quantitative estimate of drug-likeness (QED) is 0.818. The number of rotatable bonds is 4. The van der Waals surface area contributed by atoms with Gasteiger partial charge < -0.3 is 5.32 Å². The topological polar surface area (TPSA) is 71.1 Å². The summed E-state index contributed by atoms with van der Waals surface area (Å²) in [5.74, 6) is 0. The maximum Gasteiger partial charge on any atom is 0.258 e. The summed E-state index contributed by atoms with van der Waals surface area (Å²) in [5.41, 5.74) is 0.946. The molecule has 0 amide bonds. The molecule has 2 N–H and O–H groups in total. The van der Waals surface area contributed by atoms with Crippen molar-refractivity contribution in [2.75, 3.05) is 13.1 Å². The van der Waals surface area contributed by atoms with E-state index in [4.69, 9.17) is 0 Å². The van der Waals surface area contributed by atoms with Crippen LogP contribution < -0.4 is 10.0 Å². The van der Waals surface area contributed by atoms with E-state index in [-0.39, 0.29) is 11.1 Å². The van der Waals surface area contributed by atoms with Crippen LogP contribution in [0.15, 0.2) is 23.4 Å². The highest BCUT2D eigenvalue weighted by Gasteiger charge is 2.19. The second-order valence-electron chi connectivity index (χ2n) is 4.32. The minimum absolute atomic E-state index is 0.0843. The lowest BCUT2D eigenvalue weighted by Crippen LogP contribution is -2.37. The van der Waals surface area contributed by atoms with Crippen molar-refractivity contribution in [2.45, 2.75) is 30.8 Å². The first-order valence-corrected chi connectivity index (χ1v) is 7.22. The molecule has 94 valence electrons. The first kappa shape index (κ1) is 12.5. The Balaban J connectivity index is 2.00. The van der Waals surface area contributed by atoms with Gasteiger partial charge in [-0.1, -0.05) is 6.07 Å². The molecule has 0 aromatic carbocycles. The number of hydrogen-bond acceptors (Lipinski definition) is 4. The summed E-state index contributed by atoms with van der Waals surface area (Å²) >= 11 is 0. The molecule has 0 spiro atoms. The molecule has 1 aromatic rings. The number of aromatic nitrogens is 1. The molecule has 0 radical (unpaired) electrons. The Morgan fingerprint density at radius 2 is 2.35 bits per heavy atom. The van der Waals surface area contributed by atoms with Crippen LogP contribution in [0.2, 0.25) is 0 Å². The molecule has 0 saturated carbocycles. The molecule has 1 atom stereocenters. The van der Waals surface area contributed by atoms with Crippen LogP contribution in [-0.4, -0.2) is 32.5 Å². The van der Waals surface area contributed by atoms with Gasteiger partial charge in [0.25, 0.3) is 10.0 Å². The molecule has 0 bridgehead atoms. The molecule has 1 fully saturated rings. The third-order valence-electron chi connectivity index (χ3n) is 2.84. The zero-order chi connectivity index (χ0) is 12.3. The summed E-state index contributed by atoms with van der Waals surface area (Å²) < 4.78 is 26.4. The first-order chi connectivity index (χ1) is 8.08. The molecular formula is C11H17N3O2S. The van der Waals surface area contributed by atoms with Crippen LogP contribution >= 0.6 is 0 Å². The van der Waals surface area contributed by atoms with Crippen LogP contribution in [0.25, 0.3) is 0 Å². The molecule has 5 nitrogen and oxygen atoms in total. The average Bonchev–Trinajstić information content (AvgIpc) is 2.80. The largest absolute Gasteiger partial charge is 0.313 e. The summed E-state index contributed by atoms with van der Waals surface area (Å²) in [4.78, 5) is 3.92. The number of aryl methyl sites for hydroxylation is 1. The molecule has 2 rings (SSSR count). The van der Waals surface area contributed by atoms with Gasteiger partial charge >= 0.3 is 0 Å². The van der Waals surface area contributed by atoms with Gasteiger partial charge in [0.15, 0.2) is 5.03 Å². The highest BCUT2D eigenvalue weighted by Crippen LogP contribution is 2.08. The zero-order valence-electron chi connectivity index (χ0n) is 9.81. The Bertz CT molecular complexity index is 464. The predicted octanol–water partition coefficient (Wildman–Crippen LogP) is 0.420. The van der Waals surface area contributed by atoms with E-state index < -0.39 is 10.0 Å². The van der Waals surface area contributed by atoms with E-state index in [1.165, 1.54) is 6.07 Å². The predicted molar refractivity (Wildman–Crippen MR) is 65.2 cm³/mol. The molecule has 1 aliphatic rings. The van der Waals surface area contributed by atoms with Gasteiger partial charge in [0, 0.05) is 18.8 Å². The van der Waals surface area contributed by atoms with Crippen molar-refractivity contribution in [3.63, 3.8) is 0 Å². The van der Waals surface area contributed by atoms with Gasteiger partial charge in [0.2, 0.25) is 0 Å². The van der Waals surface area contributed by atoms with Gasteiger partial charge in [-0.05, 0) is 37.9 Å². The lowest BCUT2D eigenvalue weighted by molar-refractivity contribution is 0.549. The number of nitrogens with one attached hydrogen (secondary N) is 2. The first-order valence-electron chi connectivity index (χ1n) is 5.74. The van der Waals surface area contributed by atoms with Gasteiger partial charge in [-0.25, -0.2) is 18.1 Å². The van der Waals surface area contributed by atoms with Gasteiger partial charge in [-0.15, -0.1) is 0 Å². The molecule has 17 heavy (non-hydrogen) atoms. The Labute approximate surface area is 102 Å². The summed E-state index contributed by atoms with van der Waals surface area (Å²) in [7, 11) is -3.47. The lowest BCUT2D eigenvalue weighted by Gasteiger charge is -2.11. The minimum Gasteiger partial charge on any atom is -0.313 e. The highest BCUT2D eigenvalue weighted by molar-refractivity contribution is 7.89. The van der Waals surface area contributed by atoms with Crippen molar-refractivity contribution >= 4 is 10.0 Å². The van der Waals surface area contributed by atoms with Crippen molar-refractivity contribution in [1.29, 1.82) is 0 Å². The van der Waals surface area contributed by atoms with E-state index in [1.54, 1.807) is 12.3 Å². The lowest BCUT2D eigenvalue weighted by atomic mass is 10.2. The number of sulfonamides is 1. The number of pyridine rings is 1. The average molecular weight is 255 g/mol. The van der Waals surface area contributed by atoms with E-state index >= 15 is 0 Å². The Morgan fingerprint density at radius 1 is 1.53 bits per heavy atom. The fourth-order valence-electron chi connectivity index (χ4n) is 1.83. The van der Waals surface area contributed by atoms with Crippen molar-refractivity contribution in [2.24, 2.45) is 0 Å². The van der Waals surface area contributed by atoms with Crippen molar-refractivity contribution in [3.8, 4) is 0 Å². The molecule has 6 heteroatoms. The van der Waals surface area contributed by atoms with E-state index in [0.29, 0.717) is 6.54 Å². The van der Waals surface area contributed by atoms with Crippen molar-refractivity contribution in [1.82, 2.24) is 15.0 Å². The third-order valence-corrected chi connectivity index (χ3v) is 4.18. The fraction of sp³-hybridized carbons (Fsp3) is 0.545. The van der Waals surface area contributed by atoms with E-state index in [0.717, 1.165) is 24.9 Å². The van der Waals surface area contributed by atoms with E-state index in [2.05, 4.69) is 15.0 Å². The standard InChI is InChI=1S/C11H17N3O2S/c1-9-4-5-11(13-7-9)17(15,16)14-8-10-3-2-6-12-10/h4-5,7,10,12,14H,2-3,6,8H2,1H3. The van der Waals surface area contributed by atoms with E-state index in [1.807, 2.05) is 6.92 Å². The van der Waals surface area contributed by atoms with Crippen LogP contribution in [0.1, 0.15) is 18.4 Å². The molecular weight excluding hydrogens is 238 g/mol. The molecule has 1 aromatic heterocycles. The van der Waals surface area contributed by atoms with Gasteiger partial charge in [-0.3, -0.25) is 0 Å². The molecule has 1 saturated heterocycles. The number of nitrogens with zero attached hydrogens (tertiary/aromatic N) is 1. The maximum atomic E-state index is 11.9. The van der Waals surface area contributed by atoms with Crippen LogP contribution in [0, 0.1) is 6.92 Å². The van der Waals surface area contributed by atoms with Gasteiger partial charge in [-0.2, -0.15) is 0 Å². The Kier molecular flexibility index (Phi) is 3.76. The van der Waals surface area contributed by atoms with Crippen LogP contribution in [0.3, 0.4) is 0 Å². The minimum atomic E-state index is -3.47. The van der Waals surface area contributed by atoms with Gasteiger partial charge in [0.1, 0.15) is 0 Å². The summed E-state index contributed by atoms with van der Waals surface area (Å²) in [5, 5.41) is 3.33. The SMILES string of the molecule is Cc1ccc(S(=O)(=O)NCC2CCCN2)nc1. The monoisotopic (exact) mass is 255 g/mol. The van der Waals surface area contributed by atoms with Crippen molar-refractivity contribution in [3.05, 3.63) is 23.9 Å². The van der Waals surface area contributed by atoms with E-state index in [9.17, 15) is 8.42 Å². The molecule has 2 heterocycles. The van der Waals surface area contributed by atoms with Crippen LogP contribution in [-0.2, 0) is 10.0 Å². The Morgan fingerprint density at radius 3 is 2.94 bits per heavy atom. The second kappa shape index (κ2) is 5.12. The Hall–Kier alpha value is -0.980. The zero-order valence-corrected chi connectivity index (χ0v) is 10.6. The van der Waals surface area contributed by atoms with Crippen LogP contribution in [0.5, 0.6) is 0 Å². The maximum absolute atomic E-state index is 11.9. The van der Waals surface area contributed by atoms with Crippen molar-refractivity contribution < 1.29 is 8.42 Å². The third kappa shape index (κ3) is 3.24. The highest BCUT2D eigenvalue weighted by atomic mass is 32.2. The summed E-state index contributed by atoms with van der Waals surface area (Å²) in [6, 6.07) is 3.52. The summed E-state index contributed by atoms with van der Waals surface area (Å²) in [6.45, 7) is 3.27. The van der Waals surface area contributed by atoms with Crippen LogP contribution in [0.4, 0.5) is 0 Å². The molecule has 0 aliphatic carbocycles. The normalized spacial score (nSPS) is 20.6. The molecule has 1 aliphatic heterocycles. The fourth-order valence-corrected chi connectivity index (χ4v) is 2.84. The van der Waals surface area contributed by atoms with Gasteiger partial charge in [0.05, 0.1) is 0 Å². The number of hydrogen-bond donors (Lipinski definition) is 2. The second-order valence-corrected chi connectivity index (χ2v) is 6.03.